The van der Waals surface area contributed by atoms with Gasteiger partial charge in [0.25, 0.3) is 0 Å². The summed E-state index contributed by atoms with van der Waals surface area (Å²) >= 11 is 0. The van der Waals surface area contributed by atoms with Crippen LogP contribution in [-0.2, 0) is 13.1 Å². The van der Waals surface area contributed by atoms with Crippen LogP contribution in [0.1, 0.15) is 17.0 Å². The van der Waals surface area contributed by atoms with Crippen molar-refractivity contribution in [1.29, 1.82) is 0 Å². The molecule has 4 heteroatoms. The summed E-state index contributed by atoms with van der Waals surface area (Å²) < 4.78 is 5.27. The minimum absolute atomic E-state index is 0.722. The van der Waals surface area contributed by atoms with Gasteiger partial charge >= 0.3 is 0 Å². The van der Waals surface area contributed by atoms with Crippen LogP contribution in [0.2, 0.25) is 0 Å². The average Bonchev–Trinajstić information content (AvgIpc) is 2.90. The van der Waals surface area contributed by atoms with Gasteiger partial charge in [0.15, 0.2) is 0 Å². The molecule has 0 spiro atoms. The van der Waals surface area contributed by atoms with Crippen LogP contribution < -0.4 is 10.1 Å². The standard InChI is InChI=1S/C17H19N3O/c1-12-9-13(7-8-16(12)21-2)10-18-11-17-19-14-5-3-4-6-15(14)20-17/h3-9,18H,10-11H2,1-2H3,(H,19,20). The first-order valence-corrected chi connectivity index (χ1v) is 7.04. The van der Waals surface area contributed by atoms with E-state index >= 15 is 0 Å². The fourth-order valence-electron chi connectivity index (χ4n) is 2.47. The highest BCUT2D eigenvalue weighted by Crippen LogP contribution is 2.18. The molecule has 4 nitrogen and oxygen atoms in total. The molecule has 0 saturated carbocycles. The molecule has 0 amide bonds. The van der Waals surface area contributed by atoms with E-state index in [2.05, 4.69) is 34.3 Å². The molecule has 3 aromatic rings. The van der Waals surface area contributed by atoms with Gasteiger partial charge in [0.05, 0.1) is 24.7 Å². The number of imidazole rings is 1. The monoisotopic (exact) mass is 281 g/mol. The Kier molecular flexibility index (Phi) is 3.88. The summed E-state index contributed by atoms with van der Waals surface area (Å²) in [6, 6.07) is 14.3. The predicted molar refractivity (Wildman–Crippen MR) is 84.4 cm³/mol. The number of methoxy groups -OCH3 is 1. The Labute approximate surface area is 124 Å². The van der Waals surface area contributed by atoms with E-state index in [0.717, 1.165) is 41.3 Å². The smallest absolute Gasteiger partial charge is 0.121 e. The molecule has 108 valence electrons. The summed E-state index contributed by atoms with van der Waals surface area (Å²) in [5, 5.41) is 3.41. The van der Waals surface area contributed by atoms with Crippen molar-refractivity contribution in [2.45, 2.75) is 20.0 Å². The number of fused-ring (bicyclic) bond motifs is 1. The number of hydrogen-bond donors (Lipinski definition) is 2. The number of H-pyrrole nitrogens is 1. The lowest BCUT2D eigenvalue weighted by Crippen LogP contribution is -2.13. The van der Waals surface area contributed by atoms with Crippen molar-refractivity contribution in [1.82, 2.24) is 15.3 Å². The maximum Gasteiger partial charge on any atom is 0.121 e. The van der Waals surface area contributed by atoms with E-state index < -0.39 is 0 Å². The van der Waals surface area contributed by atoms with Gasteiger partial charge in [-0.05, 0) is 36.2 Å². The summed E-state index contributed by atoms with van der Waals surface area (Å²) in [6.45, 7) is 3.59. The Balaban J connectivity index is 1.61. The third kappa shape index (κ3) is 3.06. The van der Waals surface area contributed by atoms with Crippen molar-refractivity contribution in [3.63, 3.8) is 0 Å². The molecule has 2 N–H and O–H groups in total. The first-order valence-electron chi connectivity index (χ1n) is 7.04. The highest BCUT2D eigenvalue weighted by Gasteiger charge is 2.03. The number of aromatic nitrogens is 2. The van der Waals surface area contributed by atoms with E-state index in [0.29, 0.717) is 0 Å². The van der Waals surface area contributed by atoms with E-state index in [1.165, 1.54) is 5.56 Å². The molecule has 1 aromatic heterocycles. The lowest BCUT2D eigenvalue weighted by atomic mass is 10.1. The number of hydrogen-bond acceptors (Lipinski definition) is 3. The van der Waals surface area contributed by atoms with Crippen LogP contribution in [-0.4, -0.2) is 17.1 Å². The highest BCUT2D eigenvalue weighted by atomic mass is 16.5. The number of nitrogens with zero attached hydrogens (tertiary/aromatic N) is 1. The van der Waals surface area contributed by atoms with Gasteiger partial charge in [0.1, 0.15) is 11.6 Å². The fourth-order valence-corrected chi connectivity index (χ4v) is 2.47. The van der Waals surface area contributed by atoms with Crippen LogP contribution in [0.25, 0.3) is 11.0 Å². The lowest BCUT2D eigenvalue weighted by Gasteiger charge is -2.08. The Bertz CT molecular complexity index is 716. The van der Waals surface area contributed by atoms with Crippen LogP contribution in [0, 0.1) is 6.92 Å². The second kappa shape index (κ2) is 5.97. The zero-order chi connectivity index (χ0) is 14.7. The summed E-state index contributed by atoms with van der Waals surface area (Å²) in [5.74, 6) is 1.89. The van der Waals surface area contributed by atoms with Crippen molar-refractivity contribution < 1.29 is 4.74 Å². The largest absolute Gasteiger partial charge is 0.496 e. The maximum absolute atomic E-state index is 5.27. The van der Waals surface area contributed by atoms with Gasteiger partial charge in [0.2, 0.25) is 0 Å². The number of nitrogens with one attached hydrogen (secondary N) is 2. The van der Waals surface area contributed by atoms with Gasteiger partial charge < -0.3 is 15.0 Å². The Morgan fingerprint density at radius 3 is 2.76 bits per heavy atom. The number of benzene rings is 2. The molecule has 0 radical (unpaired) electrons. The van der Waals surface area contributed by atoms with Crippen molar-refractivity contribution in [2.24, 2.45) is 0 Å². The van der Waals surface area contributed by atoms with E-state index in [1.54, 1.807) is 7.11 Å². The molecular formula is C17H19N3O. The molecule has 0 unspecified atom stereocenters. The molecule has 0 saturated heterocycles. The van der Waals surface area contributed by atoms with Crippen LogP contribution in [0.3, 0.4) is 0 Å². The molecule has 0 atom stereocenters. The van der Waals surface area contributed by atoms with Gasteiger partial charge in [0, 0.05) is 6.54 Å². The number of ether oxygens (including phenoxy) is 1. The third-order valence-electron chi connectivity index (χ3n) is 3.52. The molecule has 1 heterocycles. The molecule has 3 rings (SSSR count). The lowest BCUT2D eigenvalue weighted by molar-refractivity contribution is 0.411. The van der Waals surface area contributed by atoms with E-state index in [9.17, 15) is 0 Å². The second-order valence-electron chi connectivity index (χ2n) is 5.11. The first-order chi connectivity index (χ1) is 10.3. The number of aromatic amines is 1. The van der Waals surface area contributed by atoms with Crippen LogP contribution >= 0.6 is 0 Å². The maximum atomic E-state index is 5.27. The fraction of sp³-hybridized carbons (Fsp3) is 0.235. The van der Waals surface area contributed by atoms with Crippen LogP contribution in [0.15, 0.2) is 42.5 Å². The molecular weight excluding hydrogens is 262 g/mol. The summed E-state index contributed by atoms with van der Waals surface area (Å²) in [4.78, 5) is 7.87. The SMILES string of the molecule is COc1ccc(CNCc2nc3ccccc3[nH]2)cc1C. The van der Waals surface area contributed by atoms with Crippen molar-refractivity contribution in [2.75, 3.05) is 7.11 Å². The van der Waals surface area contributed by atoms with Crippen molar-refractivity contribution in [3.05, 3.63) is 59.4 Å². The number of aryl methyl sites for hydroxylation is 1. The summed E-state index contributed by atoms with van der Waals surface area (Å²) in [7, 11) is 1.70. The molecule has 0 aliphatic rings. The first kappa shape index (κ1) is 13.6. The van der Waals surface area contributed by atoms with Gasteiger partial charge in [-0.2, -0.15) is 0 Å². The molecule has 21 heavy (non-hydrogen) atoms. The van der Waals surface area contributed by atoms with Crippen LogP contribution in [0.4, 0.5) is 0 Å². The normalized spacial score (nSPS) is 11.0. The van der Waals surface area contributed by atoms with Crippen molar-refractivity contribution >= 4 is 11.0 Å². The summed E-state index contributed by atoms with van der Waals surface area (Å²) in [6.07, 6.45) is 0. The number of para-hydroxylation sites is 2. The average molecular weight is 281 g/mol. The highest BCUT2D eigenvalue weighted by molar-refractivity contribution is 5.74. The topological polar surface area (TPSA) is 49.9 Å². The zero-order valence-electron chi connectivity index (χ0n) is 12.3. The molecule has 0 bridgehead atoms. The van der Waals surface area contributed by atoms with Crippen molar-refractivity contribution in [3.8, 4) is 5.75 Å². The Hall–Kier alpha value is -2.33. The van der Waals surface area contributed by atoms with E-state index in [4.69, 9.17) is 4.74 Å². The Morgan fingerprint density at radius 1 is 1.14 bits per heavy atom. The quantitative estimate of drug-likeness (QED) is 0.755. The van der Waals surface area contributed by atoms with Gasteiger partial charge in [-0.15, -0.1) is 0 Å². The minimum Gasteiger partial charge on any atom is -0.496 e. The van der Waals surface area contributed by atoms with Crippen LogP contribution in [0.5, 0.6) is 5.75 Å². The molecule has 0 aliphatic heterocycles. The predicted octanol–water partition coefficient (Wildman–Crippen LogP) is 3.17. The summed E-state index contributed by atoms with van der Waals surface area (Å²) in [5.41, 5.74) is 4.48. The number of rotatable bonds is 5. The second-order valence-corrected chi connectivity index (χ2v) is 5.11. The third-order valence-corrected chi connectivity index (χ3v) is 3.52. The zero-order valence-corrected chi connectivity index (χ0v) is 12.3. The van der Waals surface area contributed by atoms with E-state index in [-0.39, 0.29) is 0 Å². The van der Waals surface area contributed by atoms with E-state index in [1.807, 2.05) is 30.3 Å². The molecule has 0 fully saturated rings. The Morgan fingerprint density at radius 2 is 2.00 bits per heavy atom. The minimum atomic E-state index is 0.722. The molecule has 2 aromatic carbocycles. The van der Waals surface area contributed by atoms with Gasteiger partial charge in [-0.1, -0.05) is 24.3 Å². The van der Waals surface area contributed by atoms with Gasteiger partial charge in [-0.25, -0.2) is 4.98 Å². The van der Waals surface area contributed by atoms with Gasteiger partial charge in [-0.3, -0.25) is 0 Å². The molecule has 0 aliphatic carbocycles.